The van der Waals surface area contributed by atoms with Gasteiger partial charge in [0.1, 0.15) is 9.48 Å². The summed E-state index contributed by atoms with van der Waals surface area (Å²) < 4.78 is 2.27. The molecule has 0 radical (unpaired) electrons. The minimum atomic E-state index is 0.0887. The van der Waals surface area contributed by atoms with Crippen LogP contribution in [0.4, 0.5) is 0 Å². The van der Waals surface area contributed by atoms with E-state index in [0.29, 0.717) is 4.49 Å². The van der Waals surface area contributed by atoms with Gasteiger partial charge >= 0.3 is 0 Å². The lowest BCUT2D eigenvalue weighted by molar-refractivity contribution is 0.593. The number of thiocarbonyl (C=S) groups is 1. The summed E-state index contributed by atoms with van der Waals surface area (Å²) in [6.07, 6.45) is 3.83. The Bertz CT molecular complexity index is 565. The van der Waals surface area contributed by atoms with Gasteiger partial charge in [0.15, 0.2) is 4.80 Å². The molecule has 0 N–H and O–H groups in total. The van der Waals surface area contributed by atoms with Crippen LogP contribution in [0.25, 0.3) is 0 Å². The Hall–Kier alpha value is -0.160. The second kappa shape index (κ2) is 5.08. The van der Waals surface area contributed by atoms with E-state index in [9.17, 15) is 0 Å². The van der Waals surface area contributed by atoms with Gasteiger partial charge < -0.3 is 4.57 Å². The van der Waals surface area contributed by atoms with Crippen LogP contribution in [0.15, 0.2) is 27.1 Å². The highest BCUT2D eigenvalue weighted by Gasteiger charge is 2.58. The Morgan fingerprint density at radius 3 is 2.72 bits per heavy atom. The molecular formula is C12H14Cl2N2S2. The van der Waals surface area contributed by atoms with E-state index < -0.39 is 0 Å². The van der Waals surface area contributed by atoms with Crippen molar-refractivity contribution in [2.75, 3.05) is 0 Å². The predicted octanol–water partition coefficient (Wildman–Crippen LogP) is 3.91. The van der Waals surface area contributed by atoms with Crippen LogP contribution >= 0.6 is 46.8 Å². The molecule has 0 aromatic carbocycles. The van der Waals surface area contributed by atoms with Crippen LogP contribution in [0, 0.1) is 17.3 Å². The van der Waals surface area contributed by atoms with E-state index in [2.05, 4.69) is 18.8 Å². The van der Waals surface area contributed by atoms with Gasteiger partial charge in [-0.25, -0.2) is 4.99 Å². The second-order valence-electron chi connectivity index (χ2n) is 5.03. The van der Waals surface area contributed by atoms with Crippen molar-refractivity contribution in [3.63, 3.8) is 0 Å². The van der Waals surface area contributed by atoms with Crippen LogP contribution in [0.2, 0.25) is 0 Å². The molecule has 0 bridgehead atoms. The highest BCUT2D eigenvalue weighted by atomic mass is 35.5. The fourth-order valence-electron chi connectivity index (χ4n) is 2.19. The van der Waals surface area contributed by atoms with Crippen LogP contribution in [-0.4, -0.2) is 9.56 Å². The Labute approximate surface area is 126 Å². The number of rotatable bonds is 2. The number of allylic oxidation sites excluding steroid dienone is 1. The summed E-state index contributed by atoms with van der Waals surface area (Å²) in [6, 6.07) is 0. The molecule has 1 aliphatic rings. The Morgan fingerprint density at radius 2 is 2.22 bits per heavy atom. The average Bonchev–Trinajstić information content (AvgIpc) is 2.57. The lowest BCUT2D eigenvalue weighted by Gasteiger charge is -1.99. The maximum Gasteiger partial charge on any atom is 0.190 e. The summed E-state index contributed by atoms with van der Waals surface area (Å²) >= 11 is 18.5. The highest BCUT2D eigenvalue weighted by molar-refractivity contribution is 7.80. The number of hydrogen-bond acceptors (Lipinski definition) is 2. The Kier molecular flexibility index (Phi) is 4.02. The molecule has 0 unspecified atom stereocenters. The average molecular weight is 321 g/mol. The molecule has 18 heavy (non-hydrogen) atoms. The van der Waals surface area contributed by atoms with Gasteiger partial charge in [0.05, 0.1) is 0 Å². The van der Waals surface area contributed by atoms with Crippen molar-refractivity contribution < 1.29 is 0 Å². The maximum atomic E-state index is 5.73. The van der Waals surface area contributed by atoms with Gasteiger partial charge in [0.25, 0.3) is 0 Å². The van der Waals surface area contributed by atoms with Gasteiger partial charge in [-0.05, 0) is 17.4 Å². The van der Waals surface area contributed by atoms with Gasteiger partial charge in [-0.2, -0.15) is 0 Å². The van der Waals surface area contributed by atoms with Crippen molar-refractivity contribution in [2.24, 2.45) is 29.3 Å². The summed E-state index contributed by atoms with van der Waals surface area (Å²) in [5, 5.41) is 1.99. The summed E-state index contributed by atoms with van der Waals surface area (Å²) in [4.78, 5) is 6.18. The standard InChI is InChI=1S/C12H14Cl2N2S2/c1-12(2)7(6-8(13)14)9(12)10(17)15-11-16(3)4-5-18-11/h4-7,9H,1-3H3/t7-,9+/m0/s1. The van der Waals surface area contributed by atoms with Gasteiger partial charge in [0.2, 0.25) is 0 Å². The van der Waals surface area contributed by atoms with Crippen LogP contribution < -0.4 is 4.80 Å². The van der Waals surface area contributed by atoms with Crippen LogP contribution in [0.1, 0.15) is 13.8 Å². The molecule has 0 saturated heterocycles. The zero-order valence-electron chi connectivity index (χ0n) is 10.4. The zero-order valence-corrected chi connectivity index (χ0v) is 13.5. The van der Waals surface area contributed by atoms with E-state index in [4.69, 9.17) is 35.4 Å². The third kappa shape index (κ3) is 2.72. The van der Waals surface area contributed by atoms with Crippen molar-refractivity contribution in [1.29, 1.82) is 0 Å². The lowest BCUT2D eigenvalue weighted by atomic mass is 10.1. The van der Waals surface area contributed by atoms with Gasteiger partial charge in [-0.3, -0.25) is 0 Å². The first-order valence-corrected chi connectivity index (χ1v) is 7.60. The first-order valence-electron chi connectivity index (χ1n) is 5.55. The van der Waals surface area contributed by atoms with Gasteiger partial charge in [0, 0.05) is 24.5 Å². The molecule has 2 atom stereocenters. The van der Waals surface area contributed by atoms with E-state index >= 15 is 0 Å². The fourth-order valence-corrected chi connectivity index (χ4v) is 3.80. The molecule has 1 saturated carbocycles. The van der Waals surface area contributed by atoms with Gasteiger partial charge in [-0.1, -0.05) is 49.3 Å². The van der Waals surface area contributed by atoms with E-state index in [0.717, 1.165) is 9.79 Å². The molecule has 98 valence electrons. The van der Waals surface area contributed by atoms with Crippen LogP contribution in [0.3, 0.4) is 0 Å². The third-order valence-corrected chi connectivity index (χ3v) is 4.89. The highest BCUT2D eigenvalue weighted by Crippen LogP contribution is 2.60. The minimum absolute atomic E-state index is 0.0887. The molecule has 1 heterocycles. The molecule has 0 amide bonds. The molecule has 2 rings (SSSR count). The number of aryl methyl sites for hydroxylation is 1. The minimum Gasteiger partial charge on any atom is -0.327 e. The van der Waals surface area contributed by atoms with Crippen molar-refractivity contribution in [3.05, 3.63) is 26.9 Å². The zero-order chi connectivity index (χ0) is 13.5. The molecule has 2 nitrogen and oxygen atoms in total. The Balaban J connectivity index is 2.23. The topological polar surface area (TPSA) is 17.3 Å². The van der Waals surface area contributed by atoms with Crippen LogP contribution in [0.5, 0.6) is 0 Å². The molecule has 1 aromatic heterocycles. The Morgan fingerprint density at radius 1 is 1.56 bits per heavy atom. The monoisotopic (exact) mass is 320 g/mol. The summed E-state index contributed by atoms with van der Waals surface area (Å²) in [5.74, 6) is 0.520. The first-order chi connectivity index (χ1) is 8.34. The number of halogens is 2. The normalized spacial score (nSPS) is 25.9. The third-order valence-electron chi connectivity index (χ3n) is 3.45. The number of nitrogens with zero attached hydrogens (tertiary/aromatic N) is 2. The van der Waals surface area contributed by atoms with E-state index in [1.54, 1.807) is 11.3 Å². The second-order valence-corrected chi connectivity index (χ2v) is 7.33. The fraction of sp³-hybridized carbons (Fsp3) is 0.500. The number of thiazole rings is 1. The number of aromatic nitrogens is 1. The first kappa shape index (κ1) is 14.3. The quantitative estimate of drug-likeness (QED) is 0.755. The van der Waals surface area contributed by atoms with Gasteiger partial charge in [-0.15, -0.1) is 11.3 Å². The smallest absolute Gasteiger partial charge is 0.190 e. The molecule has 1 fully saturated rings. The van der Waals surface area contributed by atoms with Crippen LogP contribution in [-0.2, 0) is 7.05 Å². The summed E-state index contributed by atoms with van der Waals surface area (Å²) in [7, 11) is 1.96. The lowest BCUT2D eigenvalue weighted by Crippen LogP contribution is -2.13. The maximum absolute atomic E-state index is 5.73. The molecule has 1 aromatic rings. The summed E-state index contributed by atoms with van der Waals surface area (Å²) in [5.41, 5.74) is 0.0887. The number of hydrogen-bond donors (Lipinski definition) is 0. The molecule has 0 spiro atoms. The molecular weight excluding hydrogens is 307 g/mol. The van der Waals surface area contributed by atoms with E-state index in [1.165, 1.54) is 0 Å². The molecule has 1 aliphatic carbocycles. The predicted molar refractivity (Wildman–Crippen MR) is 82.0 cm³/mol. The molecule has 6 heteroatoms. The van der Waals surface area contributed by atoms with E-state index in [1.807, 2.05) is 29.3 Å². The van der Waals surface area contributed by atoms with Crippen molar-refractivity contribution in [3.8, 4) is 0 Å². The van der Waals surface area contributed by atoms with Crippen molar-refractivity contribution in [2.45, 2.75) is 13.8 Å². The summed E-state index contributed by atoms with van der Waals surface area (Å²) in [6.45, 7) is 4.32. The van der Waals surface area contributed by atoms with Crippen molar-refractivity contribution >= 4 is 51.7 Å². The molecule has 0 aliphatic heterocycles. The van der Waals surface area contributed by atoms with E-state index in [-0.39, 0.29) is 17.3 Å². The SMILES string of the molecule is Cn1ccsc1=NC(=S)[C@H]1[C@H](C=C(Cl)Cl)C1(C)C. The van der Waals surface area contributed by atoms with Crippen molar-refractivity contribution in [1.82, 2.24) is 4.57 Å². The largest absolute Gasteiger partial charge is 0.327 e.